The van der Waals surface area contributed by atoms with Gasteiger partial charge >= 0.3 is 0 Å². The van der Waals surface area contributed by atoms with E-state index in [4.69, 9.17) is 4.74 Å². The second-order valence-electron chi connectivity index (χ2n) is 5.61. The first-order valence-electron chi connectivity index (χ1n) is 5.98. The molecule has 0 aromatic carbocycles. The molecule has 1 N–H and O–H groups in total. The van der Waals surface area contributed by atoms with E-state index in [2.05, 4.69) is 19.2 Å². The molecule has 4 nitrogen and oxygen atoms in total. The molecular weight excluding hydrogens is 226 g/mol. The highest BCUT2D eigenvalue weighted by Crippen LogP contribution is 2.27. The van der Waals surface area contributed by atoms with Crippen LogP contribution in [0.4, 0.5) is 0 Å². The molecule has 5 heteroatoms. The van der Waals surface area contributed by atoms with Crippen molar-refractivity contribution in [1.29, 1.82) is 0 Å². The number of hydrogen-bond donors (Lipinski definition) is 1. The first kappa shape index (κ1) is 12.3. The third-order valence-corrected chi connectivity index (χ3v) is 5.21. The lowest BCUT2D eigenvalue weighted by Gasteiger charge is -2.25. The zero-order valence-corrected chi connectivity index (χ0v) is 10.8. The molecule has 2 fully saturated rings. The van der Waals surface area contributed by atoms with Crippen LogP contribution in [0, 0.1) is 5.92 Å². The van der Waals surface area contributed by atoms with E-state index in [1.807, 2.05) is 0 Å². The molecule has 0 radical (unpaired) electrons. The Labute approximate surface area is 97.7 Å². The minimum atomic E-state index is -2.79. The molecule has 0 amide bonds. The highest BCUT2D eigenvalue weighted by molar-refractivity contribution is 7.91. The van der Waals surface area contributed by atoms with Gasteiger partial charge in [-0.1, -0.05) is 0 Å². The Balaban J connectivity index is 1.86. The summed E-state index contributed by atoms with van der Waals surface area (Å²) in [6.45, 7) is 4.95. The molecule has 2 rings (SSSR count). The van der Waals surface area contributed by atoms with E-state index < -0.39 is 9.84 Å². The Kier molecular flexibility index (Phi) is 3.29. The molecule has 0 saturated carbocycles. The Hall–Kier alpha value is -0.130. The predicted molar refractivity (Wildman–Crippen MR) is 62.9 cm³/mol. The molecule has 0 aromatic heterocycles. The number of rotatable bonds is 2. The summed E-state index contributed by atoms with van der Waals surface area (Å²) in [5, 5.41) is 3.30. The average molecular weight is 247 g/mol. The molecule has 0 bridgehead atoms. The van der Waals surface area contributed by atoms with Crippen LogP contribution in [0.2, 0.25) is 0 Å². The zero-order chi connectivity index (χ0) is 11.8. The molecule has 2 saturated heterocycles. The first-order chi connectivity index (χ1) is 7.36. The smallest absolute Gasteiger partial charge is 0.150 e. The predicted octanol–water partition coefficient (Wildman–Crippen LogP) is 0.926. The Morgan fingerprint density at radius 2 is 2.19 bits per heavy atom. The van der Waals surface area contributed by atoms with E-state index >= 15 is 0 Å². The fourth-order valence-corrected chi connectivity index (χ4v) is 4.36. The molecule has 2 aliphatic heterocycles. The molecule has 0 aromatic rings. The van der Waals surface area contributed by atoms with Crippen LogP contribution in [0.1, 0.15) is 33.1 Å². The number of hydrogen-bond acceptors (Lipinski definition) is 4. The highest BCUT2D eigenvalue weighted by Gasteiger charge is 2.34. The van der Waals surface area contributed by atoms with Gasteiger partial charge in [-0.05, 0) is 39.0 Å². The van der Waals surface area contributed by atoms with Crippen molar-refractivity contribution in [1.82, 2.24) is 5.32 Å². The molecule has 94 valence electrons. The number of ether oxygens (including phenoxy) is 1. The summed E-state index contributed by atoms with van der Waals surface area (Å²) >= 11 is 0. The van der Waals surface area contributed by atoms with E-state index in [1.54, 1.807) is 0 Å². The minimum Gasteiger partial charge on any atom is -0.356 e. The van der Waals surface area contributed by atoms with Gasteiger partial charge in [0.2, 0.25) is 0 Å². The molecule has 2 aliphatic rings. The average Bonchev–Trinajstić information content (AvgIpc) is 2.43. The third-order valence-electron chi connectivity index (χ3n) is 3.32. The van der Waals surface area contributed by atoms with E-state index in [-0.39, 0.29) is 17.7 Å². The largest absolute Gasteiger partial charge is 0.356 e. The third kappa shape index (κ3) is 3.18. The van der Waals surface area contributed by atoms with Gasteiger partial charge in [0.05, 0.1) is 17.1 Å². The van der Waals surface area contributed by atoms with Gasteiger partial charge in [0, 0.05) is 6.54 Å². The lowest BCUT2D eigenvalue weighted by atomic mass is 10.0. The molecule has 2 atom stereocenters. The standard InChI is InChI=1S/C11H21NO3S/c1-11(2)8-12-10(15-11)6-9-4-3-5-16(13,14)7-9/h9-10,12H,3-8H2,1-2H3. The van der Waals surface area contributed by atoms with Crippen molar-refractivity contribution in [3.05, 3.63) is 0 Å². The van der Waals surface area contributed by atoms with Crippen molar-refractivity contribution in [2.24, 2.45) is 5.92 Å². The molecule has 0 spiro atoms. The van der Waals surface area contributed by atoms with Crippen LogP contribution >= 0.6 is 0 Å². The lowest BCUT2D eigenvalue weighted by Crippen LogP contribution is -2.32. The van der Waals surface area contributed by atoms with Crippen molar-refractivity contribution in [3.63, 3.8) is 0 Å². The Morgan fingerprint density at radius 3 is 2.75 bits per heavy atom. The molecule has 0 aliphatic carbocycles. The van der Waals surface area contributed by atoms with E-state index in [0.717, 1.165) is 25.8 Å². The van der Waals surface area contributed by atoms with Gasteiger partial charge in [-0.25, -0.2) is 8.42 Å². The summed E-state index contributed by atoms with van der Waals surface area (Å²) in [6, 6.07) is 0. The first-order valence-corrected chi connectivity index (χ1v) is 7.80. The number of nitrogens with one attached hydrogen (secondary N) is 1. The number of sulfone groups is 1. The van der Waals surface area contributed by atoms with Crippen LogP contribution in [0.25, 0.3) is 0 Å². The maximum absolute atomic E-state index is 11.5. The SMILES string of the molecule is CC1(C)CNC(CC2CCCS(=O)(=O)C2)O1. The molecule has 16 heavy (non-hydrogen) atoms. The van der Waals surface area contributed by atoms with Gasteiger partial charge in [-0.3, -0.25) is 5.32 Å². The van der Waals surface area contributed by atoms with Crippen molar-refractivity contribution in [2.45, 2.75) is 44.9 Å². The van der Waals surface area contributed by atoms with Gasteiger partial charge < -0.3 is 4.74 Å². The van der Waals surface area contributed by atoms with Crippen LogP contribution in [-0.2, 0) is 14.6 Å². The highest BCUT2D eigenvalue weighted by atomic mass is 32.2. The van der Waals surface area contributed by atoms with Gasteiger partial charge in [0.1, 0.15) is 6.23 Å². The molecule has 2 unspecified atom stereocenters. The van der Waals surface area contributed by atoms with Gasteiger partial charge in [-0.2, -0.15) is 0 Å². The van der Waals surface area contributed by atoms with E-state index in [1.165, 1.54) is 0 Å². The summed E-state index contributed by atoms with van der Waals surface area (Å²) in [5.74, 6) is 0.980. The fraction of sp³-hybridized carbons (Fsp3) is 1.00. The second kappa shape index (κ2) is 4.27. The Bertz CT molecular complexity index is 350. The van der Waals surface area contributed by atoms with Crippen molar-refractivity contribution >= 4 is 9.84 Å². The summed E-state index contributed by atoms with van der Waals surface area (Å²) in [6.07, 6.45) is 2.68. The van der Waals surface area contributed by atoms with Crippen LogP contribution < -0.4 is 5.32 Å². The fourth-order valence-electron chi connectivity index (χ4n) is 2.57. The van der Waals surface area contributed by atoms with Crippen molar-refractivity contribution < 1.29 is 13.2 Å². The van der Waals surface area contributed by atoms with E-state index in [9.17, 15) is 8.42 Å². The molecule has 2 heterocycles. The lowest BCUT2D eigenvalue weighted by molar-refractivity contribution is -0.0239. The van der Waals surface area contributed by atoms with Crippen LogP contribution in [0.5, 0.6) is 0 Å². The van der Waals surface area contributed by atoms with Gasteiger partial charge in [0.25, 0.3) is 0 Å². The van der Waals surface area contributed by atoms with Gasteiger partial charge in [-0.15, -0.1) is 0 Å². The van der Waals surface area contributed by atoms with Crippen LogP contribution in [-0.4, -0.2) is 38.3 Å². The minimum absolute atomic E-state index is 0.0355. The molecular formula is C11H21NO3S. The monoisotopic (exact) mass is 247 g/mol. The second-order valence-corrected chi connectivity index (χ2v) is 7.83. The van der Waals surface area contributed by atoms with Crippen LogP contribution in [0.3, 0.4) is 0 Å². The summed E-state index contributed by atoms with van der Waals surface area (Å²) in [7, 11) is -2.79. The topological polar surface area (TPSA) is 55.4 Å². The van der Waals surface area contributed by atoms with E-state index in [0.29, 0.717) is 11.5 Å². The summed E-state index contributed by atoms with van der Waals surface area (Å²) < 4.78 is 28.8. The Morgan fingerprint density at radius 1 is 1.44 bits per heavy atom. The normalized spacial score (nSPS) is 37.4. The maximum Gasteiger partial charge on any atom is 0.150 e. The van der Waals surface area contributed by atoms with Crippen molar-refractivity contribution in [3.8, 4) is 0 Å². The van der Waals surface area contributed by atoms with Crippen LogP contribution in [0.15, 0.2) is 0 Å². The van der Waals surface area contributed by atoms with Crippen molar-refractivity contribution in [2.75, 3.05) is 18.1 Å². The van der Waals surface area contributed by atoms with Gasteiger partial charge in [0.15, 0.2) is 9.84 Å². The zero-order valence-electron chi connectivity index (χ0n) is 10.0. The maximum atomic E-state index is 11.5. The summed E-state index contributed by atoms with van der Waals surface area (Å²) in [4.78, 5) is 0. The quantitative estimate of drug-likeness (QED) is 0.788. The summed E-state index contributed by atoms with van der Waals surface area (Å²) in [5.41, 5.74) is -0.113.